The first-order chi connectivity index (χ1) is 13.1. The quantitative estimate of drug-likeness (QED) is 0.688. The van der Waals surface area contributed by atoms with Crippen molar-refractivity contribution < 1.29 is 0 Å². The maximum atomic E-state index is 6.35. The van der Waals surface area contributed by atoms with Crippen molar-refractivity contribution in [2.75, 3.05) is 23.7 Å². The summed E-state index contributed by atoms with van der Waals surface area (Å²) in [6.45, 7) is 6.13. The Kier molecular flexibility index (Phi) is 4.80. The monoisotopic (exact) mass is 358 g/mol. The normalized spacial score (nSPS) is 15.1. The minimum atomic E-state index is 0.633. The minimum Gasteiger partial charge on any atom is -0.398 e. The molecule has 0 amide bonds. The second kappa shape index (κ2) is 7.39. The van der Waals surface area contributed by atoms with Crippen LogP contribution in [0, 0.1) is 13.8 Å². The topological polar surface area (TPSA) is 55.0 Å². The molecule has 0 atom stereocenters. The summed E-state index contributed by atoms with van der Waals surface area (Å²) in [4.78, 5) is 11.7. The standard InChI is InChI=1S/C23H26N4/c1-16-8-9-20(23(24)17(16)2)21-14-25-15-22(26-21)27-12-10-19(11-13-27)18-6-4-3-5-7-18/h3-9,14-15,19H,10-13,24H2,1-2H3. The highest BCUT2D eigenvalue weighted by Crippen LogP contribution is 2.32. The molecule has 3 aromatic rings. The second-order valence-corrected chi connectivity index (χ2v) is 7.40. The van der Waals surface area contributed by atoms with Gasteiger partial charge in [-0.25, -0.2) is 4.98 Å². The molecule has 0 bridgehead atoms. The number of benzene rings is 2. The Bertz CT molecular complexity index is 928. The molecule has 2 heterocycles. The lowest BCUT2D eigenvalue weighted by atomic mass is 9.89. The van der Waals surface area contributed by atoms with Gasteiger partial charge in [0, 0.05) is 24.3 Å². The van der Waals surface area contributed by atoms with Crippen molar-refractivity contribution in [2.24, 2.45) is 0 Å². The first-order valence-electron chi connectivity index (χ1n) is 9.61. The maximum Gasteiger partial charge on any atom is 0.147 e. The van der Waals surface area contributed by atoms with E-state index in [1.807, 2.05) is 12.3 Å². The van der Waals surface area contributed by atoms with E-state index < -0.39 is 0 Å². The van der Waals surface area contributed by atoms with Crippen molar-refractivity contribution in [3.05, 3.63) is 71.5 Å². The maximum absolute atomic E-state index is 6.35. The Hall–Kier alpha value is -2.88. The molecule has 4 nitrogen and oxygen atoms in total. The van der Waals surface area contributed by atoms with Gasteiger partial charge in [0.05, 0.1) is 18.1 Å². The van der Waals surface area contributed by atoms with Crippen LogP contribution in [-0.2, 0) is 0 Å². The van der Waals surface area contributed by atoms with Gasteiger partial charge in [-0.3, -0.25) is 4.98 Å². The molecule has 0 saturated carbocycles. The molecule has 0 unspecified atom stereocenters. The lowest BCUT2D eigenvalue weighted by molar-refractivity contribution is 0.502. The fourth-order valence-corrected chi connectivity index (χ4v) is 3.87. The van der Waals surface area contributed by atoms with Crippen LogP contribution < -0.4 is 10.6 Å². The van der Waals surface area contributed by atoms with E-state index >= 15 is 0 Å². The van der Waals surface area contributed by atoms with Crippen LogP contribution in [0.2, 0.25) is 0 Å². The van der Waals surface area contributed by atoms with E-state index in [2.05, 4.69) is 60.1 Å². The van der Waals surface area contributed by atoms with Gasteiger partial charge in [0.1, 0.15) is 5.82 Å². The zero-order valence-corrected chi connectivity index (χ0v) is 16.0. The fraction of sp³-hybridized carbons (Fsp3) is 0.304. The van der Waals surface area contributed by atoms with E-state index in [-0.39, 0.29) is 0 Å². The summed E-state index contributed by atoms with van der Waals surface area (Å²) in [5.74, 6) is 1.57. The van der Waals surface area contributed by atoms with Crippen LogP contribution in [0.5, 0.6) is 0 Å². The van der Waals surface area contributed by atoms with Crippen molar-refractivity contribution in [3.8, 4) is 11.3 Å². The smallest absolute Gasteiger partial charge is 0.147 e. The third-order valence-corrected chi connectivity index (χ3v) is 5.77. The number of anilines is 2. The number of hydrogen-bond acceptors (Lipinski definition) is 4. The number of nitrogens with two attached hydrogens (primary N) is 1. The van der Waals surface area contributed by atoms with Crippen LogP contribution >= 0.6 is 0 Å². The lowest BCUT2D eigenvalue weighted by Gasteiger charge is -2.33. The van der Waals surface area contributed by atoms with Crippen molar-refractivity contribution >= 4 is 11.5 Å². The molecule has 2 N–H and O–H groups in total. The first-order valence-corrected chi connectivity index (χ1v) is 9.61. The highest BCUT2D eigenvalue weighted by Gasteiger charge is 2.22. The molecule has 1 aliphatic heterocycles. The van der Waals surface area contributed by atoms with Gasteiger partial charge in [0.25, 0.3) is 0 Å². The number of rotatable bonds is 3. The summed E-state index contributed by atoms with van der Waals surface area (Å²) >= 11 is 0. The zero-order chi connectivity index (χ0) is 18.8. The molecule has 138 valence electrons. The molecule has 4 rings (SSSR count). The van der Waals surface area contributed by atoms with Crippen molar-refractivity contribution in [1.82, 2.24) is 9.97 Å². The second-order valence-electron chi connectivity index (χ2n) is 7.40. The third-order valence-electron chi connectivity index (χ3n) is 5.77. The van der Waals surface area contributed by atoms with Gasteiger partial charge in [0.2, 0.25) is 0 Å². The van der Waals surface area contributed by atoms with Crippen molar-refractivity contribution in [3.63, 3.8) is 0 Å². The molecule has 0 spiro atoms. The zero-order valence-electron chi connectivity index (χ0n) is 16.0. The molecule has 2 aromatic carbocycles. The van der Waals surface area contributed by atoms with Gasteiger partial charge in [-0.15, -0.1) is 0 Å². The molecular weight excluding hydrogens is 332 g/mol. The van der Waals surface area contributed by atoms with Crippen molar-refractivity contribution in [2.45, 2.75) is 32.6 Å². The molecule has 27 heavy (non-hydrogen) atoms. The van der Waals surface area contributed by atoms with Crippen LogP contribution in [0.25, 0.3) is 11.3 Å². The van der Waals surface area contributed by atoms with Crippen LogP contribution in [0.15, 0.2) is 54.9 Å². The van der Waals surface area contributed by atoms with E-state index in [0.717, 1.165) is 54.3 Å². The Morgan fingerprint density at radius 3 is 2.44 bits per heavy atom. The predicted molar refractivity (Wildman–Crippen MR) is 112 cm³/mol. The average Bonchev–Trinajstić information content (AvgIpc) is 2.73. The van der Waals surface area contributed by atoms with Gasteiger partial charge in [-0.2, -0.15) is 0 Å². The average molecular weight is 358 g/mol. The van der Waals surface area contributed by atoms with Gasteiger partial charge in [0.15, 0.2) is 0 Å². The van der Waals surface area contributed by atoms with Crippen LogP contribution in [0.3, 0.4) is 0 Å². The van der Waals surface area contributed by atoms with Gasteiger partial charge in [-0.1, -0.05) is 42.5 Å². The Labute approximate surface area is 161 Å². The number of nitrogen functional groups attached to an aromatic ring is 1. The molecule has 1 aromatic heterocycles. The summed E-state index contributed by atoms with van der Waals surface area (Å²) in [5.41, 5.74) is 12.7. The summed E-state index contributed by atoms with van der Waals surface area (Å²) in [6, 6.07) is 15.0. The number of aromatic nitrogens is 2. The Morgan fingerprint density at radius 2 is 1.70 bits per heavy atom. The van der Waals surface area contributed by atoms with E-state index in [1.54, 1.807) is 6.20 Å². The molecule has 1 saturated heterocycles. The first kappa shape index (κ1) is 17.5. The van der Waals surface area contributed by atoms with E-state index in [9.17, 15) is 0 Å². The molecule has 1 aliphatic rings. The molecular formula is C23H26N4. The Morgan fingerprint density at radius 1 is 0.963 bits per heavy atom. The summed E-state index contributed by atoms with van der Waals surface area (Å²) in [5, 5.41) is 0. The molecule has 4 heteroatoms. The molecule has 0 aliphatic carbocycles. The predicted octanol–water partition coefficient (Wildman–Crippen LogP) is 4.73. The summed E-state index contributed by atoms with van der Waals surface area (Å²) in [7, 11) is 0. The van der Waals surface area contributed by atoms with Gasteiger partial charge >= 0.3 is 0 Å². The number of nitrogens with zero attached hydrogens (tertiary/aromatic N) is 3. The van der Waals surface area contributed by atoms with Crippen LogP contribution in [0.1, 0.15) is 35.4 Å². The highest BCUT2D eigenvalue weighted by atomic mass is 15.2. The molecule has 0 radical (unpaired) electrons. The largest absolute Gasteiger partial charge is 0.398 e. The number of hydrogen-bond donors (Lipinski definition) is 1. The number of aryl methyl sites for hydroxylation is 1. The van der Waals surface area contributed by atoms with E-state index in [1.165, 1.54) is 11.1 Å². The van der Waals surface area contributed by atoms with Crippen molar-refractivity contribution in [1.29, 1.82) is 0 Å². The van der Waals surface area contributed by atoms with E-state index in [4.69, 9.17) is 10.7 Å². The Balaban J connectivity index is 1.53. The highest BCUT2D eigenvalue weighted by molar-refractivity contribution is 5.77. The minimum absolute atomic E-state index is 0.633. The van der Waals surface area contributed by atoms with Gasteiger partial charge < -0.3 is 10.6 Å². The van der Waals surface area contributed by atoms with Crippen LogP contribution in [-0.4, -0.2) is 23.1 Å². The van der Waals surface area contributed by atoms with E-state index in [0.29, 0.717) is 5.92 Å². The molecule has 1 fully saturated rings. The summed E-state index contributed by atoms with van der Waals surface area (Å²) in [6.07, 6.45) is 5.95. The summed E-state index contributed by atoms with van der Waals surface area (Å²) < 4.78 is 0. The van der Waals surface area contributed by atoms with Gasteiger partial charge in [-0.05, 0) is 49.3 Å². The lowest BCUT2D eigenvalue weighted by Crippen LogP contribution is -2.33. The van der Waals surface area contributed by atoms with Crippen LogP contribution in [0.4, 0.5) is 11.5 Å². The SMILES string of the molecule is Cc1ccc(-c2cncc(N3CCC(c4ccccc4)CC3)n2)c(N)c1C. The third kappa shape index (κ3) is 3.52. The fourth-order valence-electron chi connectivity index (χ4n) is 3.87. The number of piperidine rings is 1.